The van der Waals surface area contributed by atoms with Crippen molar-refractivity contribution in [2.75, 3.05) is 0 Å². The second kappa shape index (κ2) is 10.3. The molecule has 0 heterocycles. The summed E-state index contributed by atoms with van der Waals surface area (Å²) in [5.74, 6) is 0. The van der Waals surface area contributed by atoms with E-state index in [0.717, 1.165) is 0 Å². The second-order valence-corrected chi connectivity index (χ2v) is 8.18. The molecule has 0 aliphatic rings. The first-order chi connectivity index (χ1) is 6.35. The normalized spacial score (nSPS) is 11.1. The molecule has 0 spiro atoms. The van der Waals surface area contributed by atoms with Crippen molar-refractivity contribution in [1.29, 1.82) is 0 Å². The maximum atomic E-state index is 2.39. The van der Waals surface area contributed by atoms with Crippen LogP contribution in [0, 0.1) is 0 Å². The van der Waals surface area contributed by atoms with Gasteiger partial charge in [0.1, 0.15) is 0 Å². The van der Waals surface area contributed by atoms with Gasteiger partial charge in [-0.1, -0.05) is 77.4 Å². The van der Waals surface area contributed by atoms with Crippen LogP contribution in [0.15, 0.2) is 0 Å². The molecule has 0 atom stereocenters. The van der Waals surface area contributed by atoms with Crippen LogP contribution in [-0.2, 0) is 0 Å². The first-order valence-corrected chi connectivity index (χ1v) is 8.80. The highest BCUT2D eigenvalue weighted by atomic mass is 28.3. The fraction of sp³-hybridized carbons (Fsp3) is 1.00. The van der Waals surface area contributed by atoms with E-state index in [0.29, 0.717) is 0 Å². The zero-order valence-corrected chi connectivity index (χ0v) is 11.1. The Labute approximate surface area is 86.7 Å². The first-order valence-electron chi connectivity index (χ1n) is 6.35. The molecule has 0 nitrogen and oxygen atoms in total. The molecular formula is C12H28Si. The lowest BCUT2D eigenvalue weighted by molar-refractivity contribution is 0.623. The molecule has 0 aromatic rings. The predicted molar refractivity (Wildman–Crippen MR) is 66.3 cm³/mol. The van der Waals surface area contributed by atoms with Gasteiger partial charge in [0.25, 0.3) is 0 Å². The van der Waals surface area contributed by atoms with Crippen LogP contribution in [0.4, 0.5) is 0 Å². The van der Waals surface area contributed by atoms with E-state index in [2.05, 4.69) is 20.8 Å². The van der Waals surface area contributed by atoms with Crippen molar-refractivity contribution < 1.29 is 0 Å². The first kappa shape index (κ1) is 13.2. The van der Waals surface area contributed by atoms with Crippen molar-refractivity contribution in [3.05, 3.63) is 0 Å². The van der Waals surface area contributed by atoms with Gasteiger partial charge in [-0.15, -0.1) is 0 Å². The summed E-state index contributed by atoms with van der Waals surface area (Å²) in [5, 5.41) is 0. The van der Waals surface area contributed by atoms with Crippen molar-refractivity contribution in [2.45, 2.75) is 77.4 Å². The monoisotopic (exact) mass is 200 g/mol. The van der Waals surface area contributed by atoms with Crippen LogP contribution in [-0.4, -0.2) is 8.80 Å². The molecule has 0 bridgehead atoms. The van der Waals surface area contributed by atoms with E-state index in [4.69, 9.17) is 0 Å². The highest BCUT2D eigenvalue weighted by Gasteiger charge is 2.03. The Morgan fingerprint density at radius 3 is 1.77 bits per heavy atom. The Bertz CT molecular complexity index is 87.1. The largest absolute Gasteiger partial charge is 0.0680 e. The van der Waals surface area contributed by atoms with Gasteiger partial charge in [-0.3, -0.25) is 0 Å². The number of rotatable bonds is 9. The van der Waals surface area contributed by atoms with Gasteiger partial charge in [-0.2, -0.15) is 0 Å². The minimum atomic E-state index is -0.251. The van der Waals surface area contributed by atoms with Crippen LogP contribution in [0.5, 0.6) is 0 Å². The smallest absolute Gasteiger partial charge is 0.0362 e. The summed E-state index contributed by atoms with van der Waals surface area (Å²) in [6.45, 7) is 7.06. The molecule has 0 unspecified atom stereocenters. The lowest BCUT2D eigenvalue weighted by atomic mass is 10.1. The molecule has 13 heavy (non-hydrogen) atoms. The molecule has 0 rings (SSSR count). The number of hydrogen-bond donors (Lipinski definition) is 0. The Kier molecular flexibility index (Phi) is 10.5. The van der Waals surface area contributed by atoms with E-state index in [1.807, 2.05) is 0 Å². The zero-order chi connectivity index (χ0) is 9.94. The van der Waals surface area contributed by atoms with Gasteiger partial charge in [0.15, 0.2) is 0 Å². The lowest BCUT2D eigenvalue weighted by Gasteiger charge is -2.09. The summed E-state index contributed by atoms with van der Waals surface area (Å²) in [7, 11) is -0.251. The molecule has 0 aromatic heterocycles. The Hall–Kier alpha value is 0.217. The van der Waals surface area contributed by atoms with E-state index in [1.165, 1.54) is 50.6 Å². The zero-order valence-electron chi connectivity index (χ0n) is 9.94. The molecule has 1 heteroatoms. The van der Waals surface area contributed by atoms with E-state index in [1.54, 1.807) is 6.04 Å². The third-order valence-corrected chi connectivity index (χ3v) is 6.65. The Balaban J connectivity index is 3.05. The maximum absolute atomic E-state index is 2.39. The third-order valence-electron chi connectivity index (χ3n) is 3.12. The highest BCUT2D eigenvalue weighted by Crippen LogP contribution is 2.12. The fourth-order valence-corrected chi connectivity index (χ4v) is 4.17. The maximum Gasteiger partial charge on any atom is 0.0362 e. The minimum Gasteiger partial charge on any atom is -0.0680 e. The van der Waals surface area contributed by atoms with Crippen molar-refractivity contribution in [3.63, 3.8) is 0 Å². The quantitative estimate of drug-likeness (QED) is 0.376. The van der Waals surface area contributed by atoms with Gasteiger partial charge in [0.05, 0.1) is 0 Å². The molecule has 0 amide bonds. The van der Waals surface area contributed by atoms with Gasteiger partial charge in [0, 0.05) is 8.80 Å². The summed E-state index contributed by atoms with van der Waals surface area (Å²) in [6.07, 6.45) is 8.82. The highest BCUT2D eigenvalue weighted by molar-refractivity contribution is 6.58. The lowest BCUT2D eigenvalue weighted by Crippen LogP contribution is -2.07. The Morgan fingerprint density at radius 1 is 0.692 bits per heavy atom. The molecule has 0 N–H and O–H groups in total. The summed E-state index contributed by atoms with van der Waals surface area (Å²) in [4.78, 5) is 0. The SMILES string of the molecule is CCCCCCCC[SiH](CC)CC. The van der Waals surface area contributed by atoms with Gasteiger partial charge >= 0.3 is 0 Å². The molecule has 80 valence electrons. The average molecular weight is 200 g/mol. The molecule has 0 radical (unpaired) electrons. The van der Waals surface area contributed by atoms with E-state index in [9.17, 15) is 0 Å². The van der Waals surface area contributed by atoms with Crippen LogP contribution in [0.2, 0.25) is 18.1 Å². The summed E-state index contributed by atoms with van der Waals surface area (Å²) in [5.41, 5.74) is 0. The van der Waals surface area contributed by atoms with Crippen molar-refractivity contribution in [2.24, 2.45) is 0 Å². The summed E-state index contributed by atoms with van der Waals surface area (Å²) >= 11 is 0. The minimum absolute atomic E-state index is 0.251. The average Bonchev–Trinajstić information content (AvgIpc) is 2.17. The molecule has 0 aliphatic heterocycles. The van der Waals surface area contributed by atoms with Crippen molar-refractivity contribution >= 4 is 8.80 Å². The van der Waals surface area contributed by atoms with E-state index in [-0.39, 0.29) is 8.80 Å². The standard InChI is InChI=1S/C12H28Si/c1-4-7-8-9-10-11-12-13(5-2)6-3/h13H,4-12H2,1-3H3. The molecular weight excluding hydrogens is 172 g/mol. The van der Waals surface area contributed by atoms with Crippen LogP contribution >= 0.6 is 0 Å². The number of unbranched alkanes of at least 4 members (excludes halogenated alkanes) is 5. The van der Waals surface area contributed by atoms with Crippen molar-refractivity contribution in [1.82, 2.24) is 0 Å². The summed E-state index contributed by atoms with van der Waals surface area (Å²) < 4.78 is 0. The van der Waals surface area contributed by atoms with Gasteiger partial charge in [-0.25, -0.2) is 0 Å². The third kappa shape index (κ3) is 8.54. The molecule has 0 saturated carbocycles. The van der Waals surface area contributed by atoms with E-state index < -0.39 is 0 Å². The molecule has 0 saturated heterocycles. The second-order valence-electron chi connectivity index (χ2n) is 4.24. The van der Waals surface area contributed by atoms with E-state index >= 15 is 0 Å². The molecule has 0 fully saturated rings. The topological polar surface area (TPSA) is 0 Å². The number of hydrogen-bond acceptors (Lipinski definition) is 0. The Morgan fingerprint density at radius 2 is 1.23 bits per heavy atom. The van der Waals surface area contributed by atoms with Crippen LogP contribution in [0.25, 0.3) is 0 Å². The van der Waals surface area contributed by atoms with Gasteiger partial charge in [0.2, 0.25) is 0 Å². The molecule has 0 aliphatic carbocycles. The molecule has 0 aromatic carbocycles. The van der Waals surface area contributed by atoms with Crippen LogP contribution in [0.3, 0.4) is 0 Å². The van der Waals surface area contributed by atoms with Crippen molar-refractivity contribution in [3.8, 4) is 0 Å². The fourth-order valence-electron chi connectivity index (χ4n) is 1.91. The van der Waals surface area contributed by atoms with Crippen LogP contribution < -0.4 is 0 Å². The summed E-state index contributed by atoms with van der Waals surface area (Å²) in [6, 6.07) is 4.65. The van der Waals surface area contributed by atoms with Gasteiger partial charge < -0.3 is 0 Å². The van der Waals surface area contributed by atoms with Crippen LogP contribution in [0.1, 0.15) is 59.3 Å². The predicted octanol–water partition coefficient (Wildman–Crippen LogP) is 4.61. The van der Waals surface area contributed by atoms with Gasteiger partial charge in [-0.05, 0) is 0 Å².